The summed E-state index contributed by atoms with van der Waals surface area (Å²) in [5.41, 5.74) is 1.51. The number of nitrogens with zero attached hydrogens (tertiary/aromatic N) is 5. The number of benzene rings is 1. The maximum Gasteiger partial charge on any atom is 0.295 e. The van der Waals surface area contributed by atoms with E-state index in [2.05, 4.69) is 20.1 Å². The van der Waals surface area contributed by atoms with Crippen molar-refractivity contribution in [3.05, 3.63) is 52.2 Å². The van der Waals surface area contributed by atoms with Crippen LogP contribution in [-0.2, 0) is 24.8 Å². The number of aromatic nitrogens is 5. The third-order valence-electron chi connectivity index (χ3n) is 5.53. The maximum atomic E-state index is 13.0. The molecule has 1 N–H and O–H groups in total. The fourth-order valence-corrected chi connectivity index (χ4v) is 4.59. The number of thioether (sulfide) groups is 1. The number of hydrogen-bond donors (Lipinski definition) is 1. The van der Waals surface area contributed by atoms with E-state index in [1.54, 1.807) is 9.36 Å². The summed E-state index contributed by atoms with van der Waals surface area (Å²) in [4.78, 5) is 25.9. The van der Waals surface area contributed by atoms with Crippen molar-refractivity contribution in [3.8, 4) is 5.69 Å². The number of nitrogens with one attached hydrogen (secondary N) is 1. The van der Waals surface area contributed by atoms with Gasteiger partial charge in [-0.25, -0.2) is 4.68 Å². The molecular weight excluding hydrogens is 400 g/mol. The Bertz CT molecular complexity index is 1110. The third kappa shape index (κ3) is 3.81. The van der Waals surface area contributed by atoms with Gasteiger partial charge in [-0.05, 0) is 38.8 Å². The van der Waals surface area contributed by atoms with Crippen molar-refractivity contribution < 1.29 is 4.79 Å². The van der Waals surface area contributed by atoms with E-state index in [9.17, 15) is 9.59 Å². The molecule has 4 rings (SSSR count). The molecule has 0 spiro atoms. The molecule has 3 aromatic rings. The highest BCUT2D eigenvalue weighted by molar-refractivity contribution is 8.00. The first kappa shape index (κ1) is 20.5. The number of fused-ring (bicyclic) bond motifs is 1. The molecular formula is C21H26N6O2S. The van der Waals surface area contributed by atoms with Crippen LogP contribution in [0.5, 0.6) is 0 Å². The van der Waals surface area contributed by atoms with Crippen LogP contribution in [0.3, 0.4) is 0 Å². The molecule has 1 atom stereocenters. The standard InChI is InChI=1S/C21H26N6O2S/c1-14-18(20(29)27(25(14)3)16-10-6-4-7-11-16)22-19(28)15(2)30-21-24-23-17-12-8-5-9-13-26(17)21/h4,6-7,10-11,15H,5,8-9,12-13H2,1-3H3,(H,22,28)/t15-/m0/s1. The normalized spacial score (nSPS) is 14.8. The van der Waals surface area contributed by atoms with Crippen molar-refractivity contribution in [3.63, 3.8) is 0 Å². The topological polar surface area (TPSA) is 86.7 Å². The van der Waals surface area contributed by atoms with Gasteiger partial charge in [0.25, 0.3) is 5.56 Å². The Morgan fingerprint density at radius 1 is 1.17 bits per heavy atom. The van der Waals surface area contributed by atoms with Gasteiger partial charge in [0.05, 0.1) is 16.6 Å². The van der Waals surface area contributed by atoms with Crippen LogP contribution in [0.25, 0.3) is 5.69 Å². The molecule has 0 saturated heterocycles. The van der Waals surface area contributed by atoms with Crippen molar-refractivity contribution >= 4 is 23.4 Å². The van der Waals surface area contributed by atoms with E-state index in [1.165, 1.54) is 18.2 Å². The van der Waals surface area contributed by atoms with Crippen molar-refractivity contribution in [1.82, 2.24) is 24.1 Å². The number of rotatable bonds is 5. The van der Waals surface area contributed by atoms with Gasteiger partial charge < -0.3 is 9.88 Å². The number of amides is 1. The summed E-state index contributed by atoms with van der Waals surface area (Å²) in [6.45, 7) is 4.54. The number of anilines is 1. The third-order valence-corrected chi connectivity index (χ3v) is 6.61. The summed E-state index contributed by atoms with van der Waals surface area (Å²) in [7, 11) is 1.81. The van der Waals surface area contributed by atoms with Gasteiger partial charge in [-0.15, -0.1) is 10.2 Å². The number of para-hydroxylation sites is 1. The van der Waals surface area contributed by atoms with E-state index in [1.807, 2.05) is 51.2 Å². The summed E-state index contributed by atoms with van der Waals surface area (Å²) in [5, 5.41) is 11.8. The van der Waals surface area contributed by atoms with E-state index in [4.69, 9.17) is 0 Å². The second-order valence-corrected chi connectivity index (χ2v) is 8.85. The zero-order chi connectivity index (χ0) is 21.3. The van der Waals surface area contributed by atoms with Crippen LogP contribution in [0.2, 0.25) is 0 Å². The summed E-state index contributed by atoms with van der Waals surface area (Å²) in [6.07, 6.45) is 4.34. The van der Waals surface area contributed by atoms with Gasteiger partial charge in [-0.1, -0.05) is 36.4 Å². The zero-order valence-electron chi connectivity index (χ0n) is 17.5. The van der Waals surface area contributed by atoms with Crippen molar-refractivity contribution in [1.29, 1.82) is 0 Å². The van der Waals surface area contributed by atoms with Gasteiger partial charge in [-0.2, -0.15) is 0 Å². The van der Waals surface area contributed by atoms with Gasteiger partial charge in [0.1, 0.15) is 11.5 Å². The number of aryl methyl sites for hydroxylation is 1. The summed E-state index contributed by atoms with van der Waals surface area (Å²) in [6, 6.07) is 9.38. The Labute approximate surface area is 179 Å². The minimum atomic E-state index is -0.411. The van der Waals surface area contributed by atoms with Gasteiger partial charge in [-0.3, -0.25) is 14.3 Å². The van der Waals surface area contributed by atoms with Crippen LogP contribution >= 0.6 is 11.8 Å². The second kappa shape index (κ2) is 8.51. The quantitative estimate of drug-likeness (QED) is 0.634. The molecule has 1 aliphatic rings. The molecule has 0 fully saturated rings. The summed E-state index contributed by atoms with van der Waals surface area (Å²) >= 11 is 1.38. The highest BCUT2D eigenvalue weighted by atomic mass is 32.2. The largest absolute Gasteiger partial charge is 0.319 e. The molecule has 0 saturated carbocycles. The molecule has 0 unspecified atom stereocenters. The molecule has 0 aliphatic carbocycles. The van der Waals surface area contributed by atoms with Crippen LogP contribution < -0.4 is 10.9 Å². The first-order valence-electron chi connectivity index (χ1n) is 10.2. The van der Waals surface area contributed by atoms with Gasteiger partial charge >= 0.3 is 0 Å². The Hall–Kier alpha value is -2.81. The van der Waals surface area contributed by atoms with Crippen LogP contribution in [0.4, 0.5) is 5.69 Å². The number of hydrogen-bond acceptors (Lipinski definition) is 5. The lowest BCUT2D eigenvalue weighted by atomic mass is 10.2. The predicted molar refractivity (Wildman–Crippen MR) is 117 cm³/mol. The van der Waals surface area contributed by atoms with E-state index < -0.39 is 5.25 Å². The fraction of sp³-hybridized carbons (Fsp3) is 0.429. The molecule has 2 aromatic heterocycles. The first-order chi connectivity index (χ1) is 14.5. The lowest BCUT2D eigenvalue weighted by molar-refractivity contribution is -0.115. The molecule has 1 aliphatic heterocycles. The van der Waals surface area contributed by atoms with Crippen LogP contribution in [0, 0.1) is 6.92 Å². The molecule has 1 amide bonds. The van der Waals surface area contributed by atoms with Gasteiger partial charge in [0, 0.05) is 20.0 Å². The smallest absolute Gasteiger partial charge is 0.295 e. The Morgan fingerprint density at radius 2 is 1.93 bits per heavy atom. The highest BCUT2D eigenvalue weighted by Crippen LogP contribution is 2.26. The first-order valence-corrected chi connectivity index (χ1v) is 11.1. The van der Waals surface area contributed by atoms with Crippen molar-refractivity contribution in [2.75, 3.05) is 5.32 Å². The van der Waals surface area contributed by atoms with E-state index in [-0.39, 0.29) is 11.5 Å². The molecule has 1 aromatic carbocycles. The van der Waals surface area contributed by atoms with Crippen LogP contribution in [0.1, 0.15) is 37.7 Å². The lowest BCUT2D eigenvalue weighted by Crippen LogP contribution is -2.27. The number of carbonyl (C=O) groups is 1. The van der Waals surface area contributed by atoms with Crippen LogP contribution in [-0.4, -0.2) is 35.3 Å². The maximum absolute atomic E-state index is 13.0. The summed E-state index contributed by atoms with van der Waals surface area (Å²) < 4.78 is 5.43. The minimum absolute atomic E-state index is 0.225. The molecule has 3 heterocycles. The molecule has 8 nitrogen and oxygen atoms in total. The number of carbonyl (C=O) groups excluding carboxylic acids is 1. The molecule has 0 radical (unpaired) electrons. The molecule has 9 heteroatoms. The average molecular weight is 427 g/mol. The SMILES string of the molecule is Cc1c(NC(=O)[C@H](C)Sc2nnc3n2CCCCC3)c(=O)n(-c2ccccc2)n1C. The fourth-order valence-electron chi connectivity index (χ4n) is 3.69. The Balaban J connectivity index is 1.53. The summed E-state index contributed by atoms with van der Waals surface area (Å²) in [5.74, 6) is 0.768. The second-order valence-electron chi connectivity index (χ2n) is 7.55. The van der Waals surface area contributed by atoms with Gasteiger partial charge in [0.15, 0.2) is 5.16 Å². The Kier molecular flexibility index (Phi) is 5.80. The molecule has 30 heavy (non-hydrogen) atoms. The Morgan fingerprint density at radius 3 is 2.70 bits per heavy atom. The minimum Gasteiger partial charge on any atom is -0.319 e. The average Bonchev–Trinajstić information content (AvgIpc) is 3.09. The van der Waals surface area contributed by atoms with Crippen molar-refractivity contribution in [2.24, 2.45) is 7.05 Å². The highest BCUT2D eigenvalue weighted by Gasteiger charge is 2.24. The lowest BCUT2D eigenvalue weighted by Gasteiger charge is -2.12. The zero-order valence-corrected chi connectivity index (χ0v) is 18.3. The predicted octanol–water partition coefficient (Wildman–Crippen LogP) is 2.92. The van der Waals surface area contributed by atoms with E-state index in [0.717, 1.165) is 42.5 Å². The monoisotopic (exact) mass is 426 g/mol. The van der Waals surface area contributed by atoms with Crippen molar-refractivity contribution in [2.45, 2.75) is 56.5 Å². The van der Waals surface area contributed by atoms with E-state index >= 15 is 0 Å². The van der Waals surface area contributed by atoms with E-state index in [0.29, 0.717) is 11.4 Å². The molecule has 0 bridgehead atoms. The van der Waals surface area contributed by atoms with Crippen LogP contribution in [0.15, 0.2) is 40.3 Å². The molecule has 158 valence electrons. The van der Waals surface area contributed by atoms with Gasteiger partial charge in [0.2, 0.25) is 5.91 Å².